The summed E-state index contributed by atoms with van der Waals surface area (Å²) in [5, 5.41) is 1.09. The normalized spacial score (nSPS) is 10.5. The van der Waals surface area contributed by atoms with Gasteiger partial charge in [-0.2, -0.15) is 0 Å². The molecule has 0 fully saturated rings. The zero-order valence-corrected chi connectivity index (χ0v) is 9.14. The van der Waals surface area contributed by atoms with Crippen LogP contribution in [0.3, 0.4) is 0 Å². The maximum atomic E-state index is 11.5. The predicted octanol–water partition coefficient (Wildman–Crippen LogP) is 2.58. The first-order valence-corrected chi connectivity index (χ1v) is 5.53. The molecule has 0 bridgehead atoms. The number of hydroxylamine groups is 1. The number of hydrogen-bond acceptors (Lipinski definition) is 3. The van der Waals surface area contributed by atoms with E-state index in [1.54, 1.807) is 0 Å². The van der Waals surface area contributed by atoms with Gasteiger partial charge in [0.15, 0.2) is 0 Å². The highest BCUT2D eigenvalue weighted by atomic mass is 32.1. The van der Waals surface area contributed by atoms with Crippen molar-refractivity contribution >= 4 is 27.3 Å². The molecule has 0 saturated heterocycles. The van der Waals surface area contributed by atoms with Gasteiger partial charge in [-0.05, 0) is 24.4 Å². The van der Waals surface area contributed by atoms with Crippen molar-refractivity contribution in [3.63, 3.8) is 0 Å². The molecule has 3 nitrogen and oxygen atoms in total. The van der Waals surface area contributed by atoms with Gasteiger partial charge in [0.25, 0.3) is 5.91 Å². The average molecular weight is 221 g/mol. The Morgan fingerprint density at radius 3 is 3.00 bits per heavy atom. The van der Waals surface area contributed by atoms with Crippen molar-refractivity contribution in [1.82, 2.24) is 5.48 Å². The molecule has 1 amide bonds. The van der Waals surface area contributed by atoms with Crippen molar-refractivity contribution in [1.29, 1.82) is 0 Å². The Morgan fingerprint density at radius 2 is 2.27 bits per heavy atom. The van der Waals surface area contributed by atoms with Gasteiger partial charge in [-0.1, -0.05) is 18.2 Å². The number of nitrogens with one attached hydrogen (secondary N) is 1. The van der Waals surface area contributed by atoms with E-state index in [9.17, 15) is 4.79 Å². The number of benzene rings is 1. The first-order chi connectivity index (χ1) is 7.31. The highest BCUT2D eigenvalue weighted by molar-refractivity contribution is 7.20. The second-order valence-corrected chi connectivity index (χ2v) is 4.10. The van der Waals surface area contributed by atoms with Gasteiger partial charge in [0.1, 0.15) is 0 Å². The zero-order chi connectivity index (χ0) is 10.7. The van der Waals surface area contributed by atoms with Crippen LogP contribution >= 0.6 is 11.3 Å². The highest BCUT2D eigenvalue weighted by Gasteiger charge is 2.09. The lowest BCUT2D eigenvalue weighted by atomic mass is 10.2. The second-order valence-electron chi connectivity index (χ2n) is 3.01. The quantitative estimate of drug-likeness (QED) is 0.809. The molecule has 0 aliphatic heterocycles. The van der Waals surface area contributed by atoms with Gasteiger partial charge in [0, 0.05) is 4.70 Å². The molecule has 15 heavy (non-hydrogen) atoms. The van der Waals surface area contributed by atoms with E-state index in [2.05, 4.69) is 5.48 Å². The summed E-state index contributed by atoms with van der Waals surface area (Å²) < 4.78 is 1.11. The van der Waals surface area contributed by atoms with E-state index < -0.39 is 0 Å². The monoisotopic (exact) mass is 221 g/mol. The molecule has 78 valence electrons. The van der Waals surface area contributed by atoms with Crippen molar-refractivity contribution < 1.29 is 9.63 Å². The maximum absolute atomic E-state index is 11.5. The Bertz CT molecular complexity index is 445. The molecule has 0 saturated carbocycles. The third-order valence-corrected chi connectivity index (χ3v) is 3.07. The summed E-state index contributed by atoms with van der Waals surface area (Å²) in [6, 6.07) is 9.78. The van der Waals surface area contributed by atoms with Crippen LogP contribution in [0.2, 0.25) is 0 Å². The molecular weight excluding hydrogens is 210 g/mol. The second kappa shape index (κ2) is 4.42. The van der Waals surface area contributed by atoms with Crippen molar-refractivity contribution in [3.05, 3.63) is 35.2 Å². The van der Waals surface area contributed by atoms with Gasteiger partial charge in [0.2, 0.25) is 0 Å². The summed E-state index contributed by atoms with van der Waals surface area (Å²) in [5.74, 6) is -0.182. The molecule has 1 heterocycles. The summed E-state index contributed by atoms with van der Waals surface area (Å²) in [6.07, 6.45) is 0. The smallest absolute Gasteiger partial charge is 0.274 e. The van der Waals surface area contributed by atoms with Crippen molar-refractivity contribution in [2.75, 3.05) is 6.61 Å². The first kappa shape index (κ1) is 10.1. The van der Waals surface area contributed by atoms with E-state index in [1.807, 2.05) is 37.3 Å². The van der Waals surface area contributed by atoms with E-state index in [0.717, 1.165) is 10.1 Å². The van der Waals surface area contributed by atoms with E-state index in [0.29, 0.717) is 11.5 Å². The summed E-state index contributed by atoms with van der Waals surface area (Å²) in [5.41, 5.74) is 2.38. The lowest BCUT2D eigenvalue weighted by Gasteiger charge is -1.99. The number of thiophene rings is 1. The van der Waals surface area contributed by atoms with Gasteiger partial charge in [-0.3, -0.25) is 9.63 Å². The number of fused-ring (bicyclic) bond motifs is 1. The summed E-state index contributed by atoms with van der Waals surface area (Å²) in [7, 11) is 0. The van der Waals surface area contributed by atoms with E-state index >= 15 is 0 Å². The molecular formula is C11H11NO2S. The molecule has 0 aliphatic rings. The Morgan fingerprint density at radius 1 is 1.47 bits per heavy atom. The molecule has 4 heteroatoms. The molecule has 0 aliphatic carbocycles. The minimum atomic E-state index is -0.182. The molecule has 1 aromatic heterocycles. The van der Waals surface area contributed by atoms with Crippen LogP contribution in [0.1, 0.15) is 16.6 Å². The fourth-order valence-electron chi connectivity index (χ4n) is 1.28. The highest BCUT2D eigenvalue weighted by Crippen LogP contribution is 2.24. The van der Waals surface area contributed by atoms with Crippen molar-refractivity contribution in [2.45, 2.75) is 6.92 Å². The standard InChI is InChI=1S/C11H11NO2S/c1-2-14-12-11(13)10-7-8-5-3-4-6-9(8)15-10/h3-7H,2H2,1H3,(H,12,13). The van der Waals surface area contributed by atoms with Crippen LogP contribution in [0, 0.1) is 0 Å². The number of rotatable bonds is 3. The predicted molar refractivity (Wildman–Crippen MR) is 60.9 cm³/mol. The fourth-order valence-corrected chi connectivity index (χ4v) is 2.23. The van der Waals surface area contributed by atoms with Gasteiger partial charge in [-0.15, -0.1) is 11.3 Å². The lowest BCUT2D eigenvalue weighted by molar-refractivity contribution is 0.0368. The third-order valence-electron chi connectivity index (χ3n) is 1.96. The van der Waals surface area contributed by atoms with Gasteiger partial charge in [0.05, 0.1) is 11.5 Å². The molecule has 2 aromatic rings. The summed E-state index contributed by atoms with van der Waals surface area (Å²) in [6.45, 7) is 2.29. The van der Waals surface area contributed by atoms with Crippen molar-refractivity contribution in [3.8, 4) is 0 Å². The minimum absolute atomic E-state index is 0.182. The van der Waals surface area contributed by atoms with Crippen LogP contribution in [-0.2, 0) is 4.84 Å². The van der Waals surface area contributed by atoms with Crippen LogP contribution in [0.25, 0.3) is 10.1 Å². The number of carbonyl (C=O) groups is 1. The maximum Gasteiger partial charge on any atom is 0.284 e. The van der Waals surface area contributed by atoms with Gasteiger partial charge >= 0.3 is 0 Å². The van der Waals surface area contributed by atoms with Gasteiger partial charge < -0.3 is 0 Å². The van der Waals surface area contributed by atoms with Gasteiger partial charge in [-0.25, -0.2) is 5.48 Å². The number of amides is 1. The topological polar surface area (TPSA) is 38.3 Å². The Labute approximate surface area is 91.6 Å². The molecule has 0 radical (unpaired) electrons. The zero-order valence-electron chi connectivity index (χ0n) is 8.32. The van der Waals surface area contributed by atoms with Crippen LogP contribution in [-0.4, -0.2) is 12.5 Å². The van der Waals surface area contributed by atoms with E-state index in [1.165, 1.54) is 11.3 Å². The molecule has 0 spiro atoms. The molecule has 0 unspecified atom stereocenters. The minimum Gasteiger partial charge on any atom is -0.274 e. The third kappa shape index (κ3) is 2.16. The molecule has 2 rings (SSSR count). The molecule has 1 aromatic carbocycles. The van der Waals surface area contributed by atoms with Crippen LogP contribution < -0.4 is 5.48 Å². The largest absolute Gasteiger partial charge is 0.284 e. The van der Waals surface area contributed by atoms with Crippen LogP contribution in [0.15, 0.2) is 30.3 Å². The first-order valence-electron chi connectivity index (χ1n) is 4.72. The Kier molecular flexibility index (Phi) is 2.99. The summed E-state index contributed by atoms with van der Waals surface area (Å²) >= 11 is 1.46. The molecule has 0 atom stereocenters. The fraction of sp³-hybridized carbons (Fsp3) is 0.182. The van der Waals surface area contributed by atoms with E-state index in [-0.39, 0.29) is 5.91 Å². The van der Waals surface area contributed by atoms with Crippen LogP contribution in [0.5, 0.6) is 0 Å². The Hall–Kier alpha value is -1.39. The number of hydrogen-bond donors (Lipinski definition) is 1. The Balaban J connectivity index is 2.25. The average Bonchev–Trinajstić information content (AvgIpc) is 2.69. The molecule has 1 N–H and O–H groups in total. The van der Waals surface area contributed by atoms with Crippen molar-refractivity contribution in [2.24, 2.45) is 0 Å². The van der Waals surface area contributed by atoms with E-state index in [4.69, 9.17) is 4.84 Å². The van der Waals surface area contributed by atoms with Crippen LogP contribution in [0.4, 0.5) is 0 Å². The number of carbonyl (C=O) groups excluding carboxylic acids is 1. The summed E-state index contributed by atoms with van der Waals surface area (Å²) in [4.78, 5) is 17.1. The lowest BCUT2D eigenvalue weighted by Crippen LogP contribution is -2.22. The SMILES string of the molecule is CCONC(=O)c1cc2ccccc2s1.